The fraction of sp³-hybridized carbons (Fsp3) is 0.457. The van der Waals surface area contributed by atoms with Crippen molar-refractivity contribution in [3.8, 4) is 5.75 Å². The number of amides is 2. The number of halogens is 2. The average Bonchev–Trinajstić information content (AvgIpc) is 3.63. The van der Waals surface area contributed by atoms with Crippen molar-refractivity contribution in [1.29, 1.82) is 0 Å². The molecule has 1 aromatic heterocycles. The number of aromatic nitrogens is 3. The minimum atomic E-state index is -1.29. The Morgan fingerprint density at radius 2 is 1.83 bits per heavy atom. The number of fused-ring (bicyclic) bond motifs is 3. The summed E-state index contributed by atoms with van der Waals surface area (Å²) in [6, 6.07) is 5.26. The molecule has 5 heterocycles. The lowest BCUT2D eigenvalue weighted by Gasteiger charge is -2.37. The third kappa shape index (κ3) is 5.49. The van der Waals surface area contributed by atoms with Crippen LogP contribution in [0.2, 0.25) is 0 Å². The summed E-state index contributed by atoms with van der Waals surface area (Å²) in [6.45, 7) is 1.03. The molecule has 1 N–H and O–H groups in total. The van der Waals surface area contributed by atoms with Crippen molar-refractivity contribution in [2.75, 3.05) is 55.1 Å². The number of methoxy groups -OCH3 is 1. The molecule has 17 heteroatoms. The van der Waals surface area contributed by atoms with Crippen molar-refractivity contribution in [2.24, 2.45) is 17.0 Å². The van der Waals surface area contributed by atoms with Gasteiger partial charge in [-0.15, -0.1) is 5.10 Å². The number of aliphatic carboxylic acids is 1. The van der Waals surface area contributed by atoms with Crippen LogP contribution in [0.5, 0.6) is 5.75 Å². The number of carbonyl (C=O) groups excluding carboxylic acids is 3. The Labute approximate surface area is 296 Å². The average molecular weight is 719 g/mol. The number of hydrogen-bond acceptors (Lipinski definition) is 11. The van der Waals surface area contributed by atoms with Crippen LogP contribution in [0.15, 0.2) is 35.6 Å². The molecule has 8 rings (SSSR count). The summed E-state index contributed by atoms with van der Waals surface area (Å²) in [5.74, 6) is -4.98. The van der Waals surface area contributed by atoms with E-state index in [4.69, 9.17) is 9.57 Å². The Morgan fingerprint density at radius 3 is 2.56 bits per heavy atom. The molecule has 5 aliphatic rings. The van der Waals surface area contributed by atoms with Crippen LogP contribution in [-0.2, 0) is 32.3 Å². The predicted octanol–water partition coefficient (Wildman–Crippen LogP) is 2.46. The molecule has 3 aromatic rings. The molecule has 2 saturated heterocycles. The van der Waals surface area contributed by atoms with Gasteiger partial charge in [0.05, 0.1) is 37.3 Å². The van der Waals surface area contributed by atoms with Gasteiger partial charge in [-0.05, 0) is 43.7 Å². The molecule has 2 aromatic carbocycles. The van der Waals surface area contributed by atoms with Crippen LogP contribution in [0, 0.1) is 23.5 Å². The van der Waals surface area contributed by atoms with Crippen molar-refractivity contribution >= 4 is 46.3 Å². The van der Waals surface area contributed by atoms with Crippen LogP contribution in [-0.4, -0.2) is 107 Å². The van der Waals surface area contributed by atoms with Crippen molar-refractivity contribution < 1.29 is 42.6 Å². The molecule has 52 heavy (non-hydrogen) atoms. The monoisotopic (exact) mass is 718 g/mol. The fourth-order valence-electron chi connectivity index (χ4n) is 8.24. The summed E-state index contributed by atoms with van der Waals surface area (Å²) >= 11 is 0. The second-order valence-corrected chi connectivity index (χ2v) is 13.8. The predicted molar refractivity (Wildman–Crippen MR) is 180 cm³/mol. The van der Waals surface area contributed by atoms with Gasteiger partial charge in [-0.25, -0.2) is 13.5 Å². The van der Waals surface area contributed by atoms with Gasteiger partial charge in [0.15, 0.2) is 23.1 Å². The number of oxime groups is 1. The fourth-order valence-corrected chi connectivity index (χ4v) is 8.24. The Morgan fingerprint density at radius 1 is 1.02 bits per heavy atom. The third-order valence-electron chi connectivity index (χ3n) is 10.7. The van der Waals surface area contributed by atoms with Gasteiger partial charge in [0.25, 0.3) is 5.91 Å². The van der Waals surface area contributed by atoms with Gasteiger partial charge in [0, 0.05) is 43.3 Å². The molecule has 272 valence electrons. The molecule has 0 radical (unpaired) electrons. The molecule has 0 spiro atoms. The first-order chi connectivity index (χ1) is 25.1. The highest BCUT2D eigenvalue weighted by molar-refractivity contribution is 6.54. The molecule has 3 fully saturated rings. The van der Waals surface area contributed by atoms with E-state index < -0.39 is 35.2 Å². The van der Waals surface area contributed by atoms with E-state index in [1.165, 1.54) is 42.1 Å². The SMILES string of the molecule is CO/N=C1\C(=O)N(Cc2cn(CC(=O)N3CCC[C@@H]4CN(c5c(F)cc6c(c5OC)N(C5CC5)CC(C(=O)O)C6=O)C[C@@H]43)nn2)c2c(F)cccc21. The number of likely N-dealkylation sites (tertiary alicyclic amines) is 1. The van der Waals surface area contributed by atoms with E-state index in [1.54, 1.807) is 11.0 Å². The van der Waals surface area contributed by atoms with Crippen LogP contribution >= 0.6 is 0 Å². The van der Waals surface area contributed by atoms with Gasteiger partial charge in [-0.2, -0.15) is 0 Å². The van der Waals surface area contributed by atoms with Crippen LogP contribution in [0.25, 0.3) is 0 Å². The largest absolute Gasteiger partial charge is 0.492 e. The Bertz CT molecular complexity index is 2030. The number of carboxylic acids is 1. The molecular weight excluding hydrogens is 682 g/mol. The number of rotatable bonds is 9. The van der Waals surface area contributed by atoms with Crippen molar-refractivity contribution in [2.45, 2.75) is 50.9 Å². The number of benzene rings is 2. The Balaban J connectivity index is 1.00. The van der Waals surface area contributed by atoms with Gasteiger partial charge < -0.3 is 29.4 Å². The zero-order valence-corrected chi connectivity index (χ0v) is 28.5. The van der Waals surface area contributed by atoms with E-state index in [9.17, 15) is 28.7 Å². The highest BCUT2D eigenvalue weighted by Gasteiger charge is 2.47. The zero-order valence-electron chi connectivity index (χ0n) is 28.5. The number of para-hydroxylation sites is 1. The molecule has 1 aliphatic carbocycles. The second kappa shape index (κ2) is 12.9. The van der Waals surface area contributed by atoms with E-state index in [1.807, 2.05) is 9.80 Å². The molecule has 1 saturated carbocycles. The van der Waals surface area contributed by atoms with Gasteiger partial charge in [-0.3, -0.25) is 24.1 Å². The zero-order chi connectivity index (χ0) is 36.4. The summed E-state index contributed by atoms with van der Waals surface area (Å²) in [7, 11) is 2.72. The number of ether oxygens (including phenoxy) is 1. The second-order valence-electron chi connectivity index (χ2n) is 13.8. The lowest BCUT2D eigenvalue weighted by molar-refractivity contribution is -0.140. The standard InChI is InChI=1S/C35H36F2N8O7/c1-51-33-30-22(32(47)23(35(49)50)15-44(30)20-8-9-20)11-25(37)31(33)41-12-18-5-4-10-43(26(18)16-41)27(46)17-42-13-19(38-40-42)14-45-29-21(6-3-7-24(29)36)28(34(45)48)39-52-2/h3,6-7,11,13,18,20,23,26H,4-5,8-10,12,14-17H2,1-2H3,(H,49,50)/b39-28-/t18-,23?,26+/m1/s1. The van der Waals surface area contributed by atoms with E-state index >= 15 is 4.39 Å². The topological polar surface area (TPSA) is 163 Å². The molecule has 4 aliphatic heterocycles. The van der Waals surface area contributed by atoms with Crippen molar-refractivity contribution in [1.82, 2.24) is 19.9 Å². The van der Waals surface area contributed by atoms with Crippen LogP contribution < -0.4 is 19.4 Å². The first-order valence-electron chi connectivity index (χ1n) is 17.2. The van der Waals surface area contributed by atoms with Crippen LogP contribution in [0.1, 0.15) is 47.3 Å². The Kier molecular flexibility index (Phi) is 8.29. The summed E-state index contributed by atoms with van der Waals surface area (Å²) in [5.41, 5.74) is 1.30. The van der Waals surface area contributed by atoms with Crippen molar-refractivity contribution in [3.05, 3.63) is 58.9 Å². The molecule has 1 unspecified atom stereocenters. The van der Waals surface area contributed by atoms with E-state index in [0.717, 1.165) is 31.7 Å². The number of nitrogens with zero attached hydrogens (tertiary/aromatic N) is 8. The first-order valence-corrected chi connectivity index (χ1v) is 17.2. The third-order valence-corrected chi connectivity index (χ3v) is 10.7. The van der Waals surface area contributed by atoms with Crippen LogP contribution in [0.3, 0.4) is 0 Å². The van der Waals surface area contributed by atoms with Gasteiger partial charge in [0.1, 0.15) is 36.8 Å². The van der Waals surface area contributed by atoms with Gasteiger partial charge in [0.2, 0.25) is 5.91 Å². The number of carbonyl (C=O) groups is 4. The van der Waals surface area contributed by atoms with Crippen molar-refractivity contribution in [3.63, 3.8) is 0 Å². The molecule has 2 amide bonds. The normalized spacial score (nSPS) is 23.2. The summed E-state index contributed by atoms with van der Waals surface area (Å²) < 4.78 is 38.1. The Hall–Kier alpha value is -5.61. The van der Waals surface area contributed by atoms with Gasteiger partial charge in [-0.1, -0.05) is 22.5 Å². The molecule has 0 bridgehead atoms. The number of hydrogen-bond donors (Lipinski definition) is 1. The number of piperidine rings is 1. The van der Waals surface area contributed by atoms with E-state index in [0.29, 0.717) is 36.6 Å². The number of ketones is 1. The summed E-state index contributed by atoms with van der Waals surface area (Å²) in [5, 5.41) is 21.8. The lowest BCUT2D eigenvalue weighted by Crippen LogP contribution is -2.49. The van der Waals surface area contributed by atoms with Crippen LogP contribution in [0.4, 0.5) is 25.8 Å². The lowest BCUT2D eigenvalue weighted by atomic mass is 9.89. The quantitative estimate of drug-likeness (QED) is 0.256. The minimum Gasteiger partial charge on any atom is -0.492 e. The molecule has 15 nitrogen and oxygen atoms in total. The maximum absolute atomic E-state index is 16.1. The number of anilines is 3. The number of carboxylic acid groups (broad SMARTS) is 1. The summed E-state index contributed by atoms with van der Waals surface area (Å²) in [4.78, 5) is 63.6. The highest BCUT2D eigenvalue weighted by Crippen LogP contribution is 2.50. The van der Waals surface area contributed by atoms with Gasteiger partial charge >= 0.3 is 5.97 Å². The maximum Gasteiger partial charge on any atom is 0.316 e. The maximum atomic E-state index is 16.1. The molecule has 3 atom stereocenters. The molecular formula is C35H36F2N8O7. The smallest absolute Gasteiger partial charge is 0.316 e. The first kappa shape index (κ1) is 33.5. The minimum absolute atomic E-state index is 0.00752. The highest BCUT2D eigenvalue weighted by atomic mass is 19.1. The summed E-state index contributed by atoms with van der Waals surface area (Å²) in [6.07, 6.45) is 4.79. The number of Topliss-reactive ketones (excluding diaryl/α,β-unsaturated/α-hetero) is 1. The van der Waals surface area contributed by atoms with E-state index in [2.05, 4.69) is 15.5 Å². The van der Waals surface area contributed by atoms with E-state index in [-0.39, 0.29) is 71.9 Å².